The first kappa shape index (κ1) is 10.3. The van der Waals surface area contributed by atoms with Crippen molar-refractivity contribution in [3.63, 3.8) is 0 Å². The highest BCUT2D eigenvalue weighted by Gasteiger charge is 2.23. The van der Waals surface area contributed by atoms with Crippen molar-refractivity contribution >= 4 is 23.0 Å². The molecule has 5 nitrogen and oxygen atoms in total. The van der Waals surface area contributed by atoms with Crippen LogP contribution < -0.4 is 10.6 Å². The van der Waals surface area contributed by atoms with E-state index in [4.69, 9.17) is 22.7 Å². The minimum Gasteiger partial charge on any atom is -0.391 e. The van der Waals surface area contributed by atoms with Gasteiger partial charge >= 0.3 is 0 Å². The summed E-state index contributed by atoms with van der Waals surface area (Å²) < 4.78 is 5.44. The number of morpholine rings is 1. The maximum atomic E-state index is 5.55. The number of hydrogen-bond donors (Lipinski definition) is 1. The van der Waals surface area contributed by atoms with Crippen molar-refractivity contribution in [3.8, 4) is 0 Å². The van der Waals surface area contributed by atoms with Gasteiger partial charge in [-0.2, -0.15) is 5.10 Å². The molecule has 0 aromatic carbocycles. The first-order chi connectivity index (χ1) is 7.27. The molecule has 0 amide bonds. The highest BCUT2D eigenvalue weighted by molar-refractivity contribution is 7.80. The van der Waals surface area contributed by atoms with Gasteiger partial charge in [0, 0.05) is 12.7 Å². The van der Waals surface area contributed by atoms with Crippen LogP contribution in [-0.4, -0.2) is 41.0 Å². The van der Waals surface area contributed by atoms with E-state index in [9.17, 15) is 0 Å². The Morgan fingerprint density at radius 3 is 3.20 bits per heavy atom. The molecule has 2 N–H and O–H groups in total. The second kappa shape index (κ2) is 4.50. The summed E-state index contributed by atoms with van der Waals surface area (Å²) in [6.07, 6.45) is 1.46. The maximum Gasteiger partial charge on any atom is 0.151 e. The fraction of sp³-hybridized carbons (Fsp3) is 0.444. The van der Waals surface area contributed by atoms with Crippen molar-refractivity contribution in [2.24, 2.45) is 5.73 Å². The molecule has 1 aromatic rings. The van der Waals surface area contributed by atoms with Crippen LogP contribution in [0, 0.1) is 0 Å². The van der Waals surface area contributed by atoms with Gasteiger partial charge in [-0.25, -0.2) is 0 Å². The summed E-state index contributed by atoms with van der Waals surface area (Å²) in [5, 5.41) is 7.87. The van der Waals surface area contributed by atoms with E-state index in [0.717, 1.165) is 12.4 Å². The van der Waals surface area contributed by atoms with E-state index in [1.54, 1.807) is 6.20 Å². The van der Waals surface area contributed by atoms with Crippen molar-refractivity contribution in [2.75, 3.05) is 24.6 Å². The summed E-state index contributed by atoms with van der Waals surface area (Å²) in [5.41, 5.74) is 5.55. The highest BCUT2D eigenvalue weighted by atomic mass is 32.1. The molecule has 0 spiro atoms. The van der Waals surface area contributed by atoms with Crippen molar-refractivity contribution in [2.45, 2.75) is 6.10 Å². The largest absolute Gasteiger partial charge is 0.391 e. The van der Waals surface area contributed by atoms with Gasteiger partial charge < -0.3 is 15.4 Å². The molecule has 1 unspecified atom stereocenters. The lowest BCUT2D eigenvalue weighted by molar-refractivity contribution is 0.0843. The number of rotatable bonds is 2. The Kier molecular flexibility index (Phi) is 3.08. The Morgan fingerprint density at radius 1 is 1.67 bits per heavy atom. The second-order valence-electron chi connectivity index (χ2n) is 3.29. The van der Waals surface area contributed by atoms with Crippen LogP contribution in [-0.2, 0) is 4.74 Å². The van der Waals surface area contributed by atoms with Gasteiger partial charge in [0.15, 0.2) is 5.82 Å². The van der Waals surface area contributed by atoms with E-state index in [0.29, 0.717) is 18.1 Å². The molecule has 1 atom stereocenters. The number of aromatic nitrogens is 2. The molecular formula is C9H12N4OS. The number of anilines is 1. The van der Waals surface area contributed by atoms with Crippen molar-refractivity contribution < 1.29 is 4.74 Å². The van der Waals surface area contributed by atoms with E-state index in [1.807, 2.05) is 12.1 Å². The molecule has 2 rings (SSSR count). The van der Waals surface area contributed by atoms with Crippen LogP contribution in [0.1, 0.15) is 0 Å². The van der Waals surface area contributed by atoms with Crippen LogP contribution in [0.3, 0.4) is 0 Å². The van der Waals surface area contributed by atoms with Gasteiger partial charge in [-0.1, -0.05) is 12.2 Å². The fourth-order valence-corrected chi connectivity index (χ4v) is 1.63. The number of hydrogen-bond acceptors (Lipinski definition) is 5. The SMILES string of the molecule is NC(=S)C1CN(c2cccnn2)CCO1. The average molecular weight is 224 g/mol. The third kappa shape index (κ3) is 2.40. The van der Waals surface area contributed by atoms with E-state index >= 15 is 0 Å². The summed E-state index contributed by atoms with van der Waals surface area (Å²) in [7, 11) is 0. The lowest BCUT2D eigenvalue weighted by atomic mass is 10.2. The molecule has 1 aliphatic rings. The monoisotopic (exact) mass is 224 g/mol. The Hall–Kier alpha value is -1.27. The highest BCUT2D eigenvalue weighted by Crippen LogP contribution is 2.13. The van der Waals surface area contributed by atoms with Gasteiger partial charge in [-0.3, -0.25) is 0 Å². The third-order valence-corrected chi connectivity index (χ3v) is 2.53. The van der Waals surface area contributed by atoms with Crippen molar-refractivity contribution in [3.05, 3.63) is 18.3 Å². The summed E-state index contributed by atoms with van der Waals surface area (Å²) in [4.78, 5) is 2.46. The molecule has 2 heterocycles. The van der Waals surface area contributed by atoms with Crippen molar-refractivity contribution in [1.82, 2.24) is 10.2 Å². The molecule has 1 aliphatic heterocycles. The lowest BCUT2D eigenvalue weighted by Crippen LogP contribution is -2.48. The number of thiocarbonyl (C=S) groups is 1. The summed E-state index contributed by atoms with van der Waals surface area (Å²) in [5.74, 6) is 0.835. The predicted molar refractivity (Wildman–Crippen MR) is 60.8 cm³/mol. The zero-order valence-electron chi connectivity index (χ0n) is 8.17. The topological polar surface area (TPSA) is 64.3 Å². The van der Waals surface area contributed by atoms with Crippen LogP contribution >= 0.6 is 12.2 Å². The van der Waals surface area contributed by atoms with Crippen LogP contribution in [0.15, 0.2) is 18.3 Å². The van der Waals surface area contributed by atoms with Crippen LogP contribution in [0.4, 0.5) is 5.82 Å². The van der Waals surface area contributed by atoms with E-state index in [1.165, 1.54) is 0 Å². The van der Waals surface area contributed by atoms with Gasteiger partial charge in [0.25, 0.3) is 0 Å². The van der Waals surface area contributed by atoms with Crippen LogP contribution in [0.2, 0.25) is 0 Å². The maximum absolute atomic E-state index is 5.55. The zero-order valence-corrected chi connectivity index (χ0v) is 8.98. The molecule has 15 heavy (non-hydrogen) atoms. The molecule has 80 valence electrons. The Labute approximate surface area is 93.2 Å². The third-order valence-electron chi connectivity index (χ3n) is 2.27. The first-order valence-electron chi connectivity index (χ1n) is 4.71. The van der Waals surface area contributed by atoms with E-state index in [-0.39, 0.29) is 6.10 Å². The Morgan fingerprint density at radius 2 is 2.53 bits per heavy atom. The number of nitrogens with zero attached hydrogens (tertiary/aromatic N) is 3. The van der Waals surface area contributed by atoms with Crippen LogP contribution in [0.5, 0.6) is 0 Å². The lowest BCUT2D eigenvalue weighted by Gasteiger charge is -2.32. The summed E-state index contributed by atoms with van der Waals surface area (Å²) >= 11 is 4.91. The minimum atomic E-state index is -0.184. The molecule has 1 saturated heterocycles. The Bertz CT molecular complexity index is 345. The fourth-order valence-electron chi connectivity index (χ4n) is 1.49. The zero-order chi connectivity index (χ0) is 10.7. The molecular weight excluding hydrogens is 212 g/mol. The molecule has 6 heteroatoms. The summed E-state index contributed by atoms with van der Waals surface area (Å²) in [6, 6.07) is 3.77. The van der Waals surface area contributed by atoms with Gasteiger partial charge in [-0.15, -0.1) is 5.10 Å². The van der Waals surface area contributed by atoms with Gasteiger partial charge in [0.2, 0.25) is 0 Å². The molecule has 0 aliphatic carbocycles. The molecule has 1 fully saturated rings. The van der Waals surface area contributed by atoms with Gasteiger partial charge in [0.1, 0.15) is 11.1 Å². The molecule has 1 aromatic heterocycles. The average Bonchev–Trinajstić information content (AvgIpc) is 2.30. The van der Waals surface area contributed by atoms with E-state index in [2.05, 4.69) is 15.1 Å². The Balaban J connectivity index is 2.08. The molecule has 0 saturated carbocycles. The van der Waals surface area contributed by atoms with Gasteiger partial charge in [-0.05, 0) is 12.1 Å². The van der Waals surface area contributed by atoms with Crippen molar-refractivity contribution in [1.29, 1.82) is 0 Å². The van der Waals surface area contributed by atoms with Gasteiger partial charge in [0.05, 0.1) is 13.2 Å². The normalized spacial score (nSPS) is 21.3. The predicted octanol–water partition coefficient (Wildman–Crippen LogP) is -0.0321. The molecule has 0 radical (unpaired) electrons. The van der Waals surface area contributed by atoms with E-state index < -0.39 is 0 Å². The quantitative estimate of drug-likeness (QED) is 0.712. The summed E-state index contributed by atoms with van der Waals surface area (Å²) in [6.45, 7) is 2.05. The van der Waals surface area contributed by atoms with Crippen LogP contribution in [0.25, 0.3) is 0 Å². The number of ether oxygens (including phenoxy) is 1. The minimum absolute atomic E-state index is 0.184. The molecule has 0 bridgehead atoms. The standard InChI is InChI=1S/C9H12N4OS/c10-9(15)7-6-13(4-5-14-7)8-2-1-3-11-12-8/h1-3,7H,4-6H2,(H2,10,15). The second-order valence-corrected chi connectivity index (χ2v) is 3.76. The smallest absolute Gasteiger partial charge is 0.151 e. The first-order valence-corrected chi connectivity index (χ1v) is 5.12. The number of nitrogens with two attached hydrogens (primary N) is 1.